The van der Waals surface area contributed by atoms with Crippen molar-refractivity contribution >= 4 is 5.97 Å². The van der Waals surface area contributed by atoms with Gasteiger partial charge in [-0.2, -0.15) is 0 Å². The molecule has 1 rings (SSSR count). The Balaban J connectivity index is 0.000000487. The largest absolute Gasteiger partial charge is 0.481 e. The monoisotopic (exact) mass is 223 g/mol. The maximum atomic E-state index is 9.00. The maximum Gasteiger partial charge on any atom is 0.300 e. The van der Waals surface area contributed by atoms with E-state index in [4.69, 9.17) is 15.6 Å². The fourth-order valence-electron chi connectivity index (χ4n) is 1.18. The highest BCUT2D eigenvalue weighted by molar-refractivity contribution is 5.62. The first-order valence-corrected chi connectivity index (χ1v) is 5.49. The van der Waals surface area contributed by atoms with Gasteiger partial charge in [-0.05, 0) is 30.9 Å². The van der Waals surface area contributed by atoms with Crippen LogP contribution < -0.4 is 5.73 Å². The van der Waals surface area contributed by atoms with E-state index in [2.05, 4.69) is 37.3 Å². The van der Waals surface area contributed by atoms with Crippen LogP contribution in [0, 0.1) is 5.92 Å². The number of aliphatic carboxylic acids is 1. The summed E-state index contributed by atoms with van der Waals surface area (Å²) in [5.74, 6) is -0.190. The third-order valence-electron chi connectivity index (χ3n) is 2.17. The summed E-state index contributed by atoms with van der Waals surface area (Å²) < 4.78 is 0. The second-order valence-electron chi connectivity index (χ2n) is 3.88. The van der Waals surface area contributed by atoms with E-state index in [9.17, 15) is 0 Å². The van der Waals surface area contributed by atoms with Crippen LogP contribution in [-0.4, -0.2) is 17.6 Å². The van der Waals surface area contributed by atoms with Crippen LogP contribution in [0.25, 0.3) is 0 Å². The van der Waals surface area contributed by atoms with E-state index in [1.807, 2.05) is 0 Å². The number of carboxylic acid groups (broad SMARTS) is 1. The highest BCUT2D eigenvalue weighted by Gasteiger charge is 1.98. The van der Waals surface area contributed by atoms with Gasteiger partial charge in [0, 0.05) is 6.92 Å². The molecule has 0 bridgehead atoms. The smallest absolute Gasteiger partial charge is 0.300 e. The van der Waals surface area contributed by atoms with Gasteiger partial charge in [0.1, 0.15) is 0 Å². The van der Waals surface area contributed by atoms with Crippen molar-refractivity contribution in [3.05, 3.63) is 35.9 Å². The summed E-state index contributed by atoms with van der Waals surface area (Å²) in [6.45, 7) is 4.08. The summed E-state index contributed by atoms with van der Waals surface area (Å²) in [7, 11) is 0. The second kappa shape index (κ2) is 8.92. The van der Waals surface area contributed by atoms with Gasteiger partial charge in [0.05, 0.1) is 0 Å². The Morgan fingerprint density at radius 3 is 2.31 bits per heavy atom. The van der Waals surface area contributed by atoms with Crippen molar-refractivity contribution in [2.45, 2.75) is 26.7 Å². The number of carboxylic acids is 1. The van der Waals surface area contributed by atoms with E-state index in [1.54, 1.807) is 0 Å². The molecule has 0 unspecified atom stereocenters. The first-order valence-electron chi connectivity index (χ1n) is 5.49. The Morgan fingerprint density at radius 1 is 1.38 bits per heavy atom. The van der Waals surface area contributed by atoms with E-state index in [0.717, 1.165) is 19.9 Å². The van der Waals surface area contributed by atoms with Crippen molar-refractivity contribution in [3.63, 3.8) is 0 Å². The van der Waals surface area contributed by atoms with Crippen LogP contribution in [-0.2, 0) is 11.2 Å². The SMILES string of the molecule is CC(=O)O.C[C@H](CN)CCc1ccccc1. The van der Waals surface area contributed by atoms with Crippen LogP contribution in [0.1, 0.15) is 25.8 Å². The molecule has 0 aliphatic carbocycles. The average Bonchev–Trinajstić information content (AvgIpc) is 2.26. The number of nitrogens with two attached hydrogens (primary N) is 1. The number of aryl methyl sites for hydroxylation is 1. The average molecular weight is 223 g/mol. The molecular formula is C13H21NO2. The van der Waals surface area contributed by atoms with Gasteiger partial charge in [0.2, 0.25) is 0 Å². The summed E-state index contributed by atoms with van der Waals surface area (Å²) in [6, 6.07) is 10.6. The molecule has 0 aliphatic heterocycles. The third kappa shape index (κ3) is 9.21. The van der Waals surface area contributed by atoms with Gasteiger partial charge < -0.3 is 10.8 Å². The molecule has 3 nitrogen and oxygen atoms in total. The van der Waals surface area contributed by atoms with Crippen LogP contribution in [0.2, 0.25) is 0 Å². The molecule has 0 aliphatic rings. The van der Waals surface area contributed by atoms with Crippen LogP contribution >= 0.6 is 0 Å². The van der Waals surface area contributed by atoms with Gasteiger partial charge in [-0.25, -0.2) is 0 Å². The summed E-state index contributed by atoms with van der Waals surface area (Å²) in [4.78, 5) is 9.00. The second-order valence-corrected chi connectivity index (χ2v) is 3.88. The van der Waals surface area contributed by atoms with E-state index < -0.39 is 5.97 Å². The molecule has 3 heteroatoms. The number of carbonyl (C=O) groups is 1. The van der Waals surface area contributed by atoms with Crippen molar-refractivity contribution in [1.29, 1.82) is 0 Å². The highest BCUT2D eigenvalue weighted by atomic mass is 16.4. The Kier molecular flexibility index (Phi) is 8.17. The summed E-state index contributed by atoms with van der Waals surface area (Å²) in [6.07, 6.45) is 2.35. The van der Waals surface area contributed by atoms with Gasteiger partial charge >= 0.3 is 0 Å². The zero-order chi connectivity index (χ0) is 12.4. The van der Waals surface area contributed by atoms with Crippen molar-refractivity contribution in [2.24, 2.45) is 11.7 Å². The number of benzene rings is 1. The first kappa shape index (κ1) is 14.6. The van der Waals surface area contributed by atoms with Crippen LogP contribution in [0.4, 0.5) is 0 Å². The van der Waals surface area contributed by atoms with E-state index in [-0.39, 0.29) is 0 Å². The predicted octanol–water partition coefficient (Wildman–Crippen LogP) is 2.30. The maximum absolute atomic E-state index is 9.00. The molecule has 0 radical (unpaired) electrons. The molecule has 0 amide bonds. The molecule has 0 saturated heterocycles. The lowest BCUT2D eigenvalue weighted by Gasteiger charge is -2.07. The first-order chi connectivity index (χ1) is 7.56. The molecule has 1 aromatic carbocycles. The topological polar surface area (TPSA) is 63.3 Å². The van der Waals surface area contributed by atoms with Gasteiger partial charge in [0.25, 0.3) is 5.97 Å². The molecule has 1 atom stereocenters. The lowest BCUT2D eigenvalue weighted by molar-refractivity contribution is -0.134. The van der Waals surface area contributed by atoms with Gasteiger partial charge in [-0.1, -0.05) is 37.3 Å². The zero-order valence-electron chi connectivity index (χ0n) is 10.0. The lowest BCUT2D eigenvalue weighted by atomic mass is 10.0. The van der Waals surface area contributed by atoms with Crippen LogP contribution in [0.15, 0.2) is 30.3 Å². The predicted molar refractivity (Wildman–Crippen MR) is 66.3 cm³/mol. The Bertz CT molecular complexity index is 281. The number of rotatable bonds is 4. The molecule has 0 aromatic heterocycles. The van der Waals surface area contributed by atoms with Crippen molar-refractivity contribution < 1.29 is 9.90 Å². The van der Waals surface area contributed by atoms with E-state index in [0.29, 0.717) is 5.92 Å². The molecule has 0 fully saturated rings. The normalized spacial score (nSPS) is 11.2. The quantitative estimate of drug-likeness (QED) is 0.823. The Morgan fingerprint density at radius 2 is 1.88 bits per heavy atom. The molecule has 0 saturated carbocycles. The number of hydrogen-bond donors (Lipinski definition) is 2. The molecule has 0 spiro atoms. The van der Waals surface area contributed by atoms with Crippen LogP contribution in [0.5, 0.6) is 0 Å². The zero-order valence-corrected chi connectivity index (χ0v) is 10.0. The van der Waals surface area contributed by atoms with E-state index >= 15 is 0 Å². The van der Waals surface area contributed by atoms with Crippen LogP contribution in [0.3, 0.4) is 0 Å². The fraction of sp³-hybridized carbons (Fsp3) is 0.462. The standard InChI is InChI=1S/C11H17N.C2H4O2/c1-10(9-12)7-8-11-5-3-2-4-6-11;1-2(3)4/h2-6,10H,7-9,12H2,1H3;1H3,(H,3,4)/t10-;/m0./s1. The van der Waals surface area contributed by atoms with Crippen molar-refractivity contribution in [1.82, 2.24) is 0 Å². The molecular weight excluding hydrogens is 202 g/mol. The Hall–Kier alpha value is -1.35. The van der Waals surface area contributed by atoms with Crippen molar-refractivity contribution in [2.75, 3.05) is 6.54 Å². The molecule has 3 N–H and O–H groups in total. The minimum atomic E-state index is -0.833. The van der Waals surface area contributed by atoms with Gasteiger partial charge in [0.15, 0.2) is 0 Å². The molecule has 90 valence electrons. The van der Waals surface area contributed by atoms with Gasteiger partial charge in [-0.15, -0.1) is 0 Å². The fourth-order valence-corrected chi connectivity index (χ4v) is 1.18. The summed E-state index contributed by atoms with van der Waals surface area (Å²) in [5, 5.41) is 7.42. The molecule has 1 aromatic rings. The molecule has 0 heterocycles. The summed E-state index contributed by atoms with van der Waals surface area (Å²) in [5.41, 5.74) is 6.95. The third-order valence-corrected chi connectivity index (χ3v) is 2.17. The minimum absolute atomic E-state index is 0.644. The Labute approximate surface area is 97.3 Å². The molecule has 16 heavy (non-hydrogen) atoms. The minimum Gasteiger partial charge on any atom is -0.481 e. The number of hydrogen-bond acceptors (Lipinski definition) is 2. The summed E-state index contributed by atoms with van der Waals surface area (Å²) >= 11 is 0. The lowest BCUT2D eigenvalue weighted by Crippen LogP contribution is -2.11. The van der Waals surface area contributed by atoms with Gasteiger partial charge in [-0.3, -0.25) is 4.79 Å². The van der Waals surface area contributed by atoms with Crippen molar-refractivity contribution in [3.8, 4) is 0 Å². The highest BCUT2D eigenvalue weighted by Crippen LogP contribution is 2.07. The van der Waals surface area contributed by atoms with E-state index in [1.165, 1.54) is 12.0 Å².